The first-order valence-electron chi connectivity index (χ1n) is 12.1. The Balaban J connectivity index is 1.63. The minimum atomic E-state index is -0.751. The molecule has 3 heterocycles. The molecule has 0 aliphatic carbocycles. The number of carbonyl (C=O) groups excluding carboxylic acids is 2. The summed E-state index contributed by atoms with van der Waals surface area (Å²) in [5.41, 5.74) is -0.593. The number of carbonyl (C=O) groups is 2. The van der Waals surface area contributed by atoms with Crippen molar-refractivity contribution in [2.45, 2.75) is 45.6 Å². The lowest BCUT2D eigenvalue weighted by Gasteiger charge is -2.16. The van der Waals surface area contributed by atoms with E-state index < -0.39 is 28.2 Å². The number of halogens is 1. The lowest BCUT2D eigenvalue weighted by Crippen LogP contribution is -2.36. The van der Waals surface area contributed by atoms with Gasteiger partial charge >= 0.3 is 0 Å². The van der Waals surface area contributed by atoms with Crippen LogP contribution < -0.4 is 16.3 Å². The number of aromatic amines is 1. The zero-order valence-electron chi connectivity index (χ0n) is 20.1. The molecule has 0 spiro atoms. The first-order chi connectivity index (χ1) is 17.3. The van der Waals surface area contributed by atoms with Crippen LogP contribution in [0, 0.1) is 5.82 Å². The zero-order valence-corrected chi connectivity index (χ0v) is 20.1. The Hall–Kier alpha value is -3.95. The van der Waals surface area contributed by atoms with E-state index in [1.165, 1.54) is 22.9 Å². The molecular weight excluding hydrogens is 467 g/mol. The number of nitrogens with zero attached hydrogens (tertiary/aromatic N) is 2. The van der Waals surface area contributed by atoms with Crippen molar-refractivity contribution in [2.24, 2.45) is 0 Å². The van der Waals surface area contributed by atoms with Crippen molar-refractivity contribution < 1.29 is 19.1 Å². The second-order valence-corrected chi connectivity index (χ2v) is 8.94. The molecule has 0 bridgehead atoms. The van der Waals surface area contributed by atoms with Crippen molar-refractivity contribution in [1.29, 1.82) is 0 Å². The fourth-order valence-corrected chi connectivity index (χ4v) is 4.56. The molecule has 3 aromatic rings. The fourth-order valence-electron chi connectivity index (χ4n) is 4.56. The quantitative estimate of drug-likeness (QED) is 0.392. The molecule has 0 atom stereocenters. The molecule has 9 nitrogen and oxygen atoms in total. The molecule has 0 unspecified atom stereocenters. The number of aryl methyl sites for hydroxylation is 1. The van der Waals surface area contributed by atoms with Gasteiger partial charge in [0.2, 0.25) is 11.3 Å². The van der Waals surface area contributed by atoms with Crippen LogP contribution in [0.25, 0.3) is 11.0 Å². The highest BCUT2D eigenvalue weighted by Crippen LogP contribution is 2.24. The molecule has 190 valence electrons. The summed E-state index contributed by atoms with van der Waals surface area (Å²) in [6.45, 7) is 3.45. The number of fused-ring (bicyclic) bond motifs is 1. The maximum Gasteiger partial charge on any atom is 0.267 e. The van der Waals surface area contributed by atoms with Crippen molar-refractivity contribution in [1.82, 2.24) is 19.8 Å². The van der Waals surface area contributed by atoms with E-state index in [-0.39, 0.29) is 42.3 Å². The normalized spacial score (nSPS) is 13.5. The van der Waals surface area contributed by atoms with Crippen LogP contribution in [0.5, 0.6) is 5.75 Å². The minimum Gasteiger partial charge on any atom is -0.505 e. The molecule has 1 saturated heterocycles. The smallest absolute Gasteiger partial charge is 0.267 e. The Morgan fingerprint density at radius 2 is 1.92 bits per heavy atom. The molecule has 36 heavy (non-hydrogen) atoms. The van der Waals surface area contributed by atoms with Gasteiger partial charge in [-0.25, -0.2) is 4.39 Å². The van der Waals surface area contributed by atoms with Crippen LogP contribution in [0.2, 0.25) is 0 Å². The number of H-pyrrole nitrogens is 1. The SMILES string of the molecule is CCCn1c(=O)c(C(=O)NCCCN2CCCC2=O)c(O)c2[nH]cc(Cc3ccc(F)cc3)c(=O)c21. The molecule has 4 rings (SSSR count). The van der Waals surface area contributed by atoms with E-state index in [0.29, 0.717) is 43.5 Å². The van der Waals surface area contributed by atoms with Gasteiger partial charge in [-0.2, -0.15) is 0 Å². The standard InChI is InChI=1S/C26H29FN4O5/c1-2-11-31-22-21(29-15-17(23(22)33)14-16-6-8-18(27)9-7-16)24(34)20(26(31)36)25(35)28-10-4-13-30-12-3-5-19(30)32/h6-9,15,34H,2-5,10-14H2,1H3,(H,28,35)(H,29,33). The minimum absolute atomic E-state index is 0.00344. The summed E-state index contributed by atoms with van der Waals surface area (Å²) >= 11 is 0. The highest BCUT2D eigenvalue weighted by atomic mass is 19.1. The molecule has 1 aliphatic rings. The Morgan fingerprint density at radius 1 is 1.17 bits per heavy atom. The van der Waals surface area contributed by atoms with Gasteiger partial charge in [-0.05, 0) is 37.0 Å². The van der Waals surface area contributed by atoms with Gasteiger partial charge in [-0.3, -0.25) is 19.2 Å². The molecule has 0 radical (unpaired) electrons. The van der Waals surface area contributed by atoms with Crippen LogP contribution in [-0.2, 0) is 17.8 Å². The van der Waals surface area contributed by atoms with Crippen LogP contribution in [0.3, 0.4) is 0 Å². The van der Waals surface area contributed by atoms with E-state index >= 15 is 0 Å². The second-order valence-electron chi connectivity index (χ2n) is 8.94. The summed E-state index contributed by atoms with van der Waals surface area (Å²) < 4.78 is 14.5. The van der Waals surface area contributed by atoms with Gasteiger partial charge in [0, 0.05) is 50.8 Å². The zero-order chi connectivity index (χ0) is 25.8. The van der Waals surface area contributed by atoms with Gasteiger partial charge in [0.05, 0.1) is 0 Å². The molecule has 1 aliphatic heterocycles. The molecule has 2 aromatic heterocycles. The predicted octanol–water partition coefficient (Wildman–Crippen LogP) is 2.28. The number of hydrogen-bond acceptors (Lipinski definition) is 5. The van der Waals surface area contributed by atoms with Gasteiger partial charge in [0.1, 0.15) is 22.4 Å². The van der Waals surface area contributed by atoms with E-state index in [4.69, 9.17) is 0 Å². The molecule has 0 saturated carbocycles. The first kappa shape index (κ1) is 25.2. The van der Waals surface area contributed by atoms with Gasteiger partial charge in [-0.1, -0.05) is 19.1 Å². The van der Waals surface area contributed by atoms with Gasteiger partial charge < -0.3 is 24.9 Å². The summed E-state index contributed by atoms with van der Waals surface area (Å²) in [6.07, 6.45) is 4.04. The Kier molecular flexibility index (Phi) is 7.52. The van der Waals surface area contributed by atoms with E-state index in [1.54, 1.807) is 17.0 Å². The number of aromatic nitrogens is 2. The number of likely N-dealkylation sites (tertiary alicyclic amines) is 1. The first-order valence-corrected chi connectivity index (χ1v) is 12.1. The molecule has 2 amide bonds. The second kappa shape index (κ2) is 10.8. The van der Waals surface area contributed by atoms with Crippen molar-refractivity contribution in [3.8, 4) is 5.75 Å². The maximum atomic E-state index is 13.3. The monoisotopic (exact) mass is 496 g/mol. The number of rotatable bonds is 9. The summed E-state index contributed by atoms with van der Waals surface area (Å²) in [5.74, 6) is -1.62. The number of nitrogens with one attached hydrogen (secondary N) is 2. The van der Waals surface area contributed by atoms with Crippen molar-refractivity contribution in [3.05, 3.63) is 73.5 Å². The van der Waals surface area contributed by atoms with Gasteiger partial charge in [-0.15, -0.1) is 0 Å². The summed E-state index contributed by atoms with van der Waals surface area (Å²) in [7, 11) is 0. The lowest BCUT2D eigenvalue weighted by atomic mass is 10.0. The van der Waals surface area contributed by atoms with Crippen LogP contribution in [-0.4, -0.2) is 51.0 Å². The van der Waals surface area contributed by atoms with E-state index in [1.807, 2.05) is 6.92 Å². The van der Waals surface area contributed by atoms with Crippen molar-refractivity contribution >= 4 is 22.8 Å². The topological polar surface area (TPSA) is 124 Å². The average molecular weight is 497 g/mol. The molecule has 10 heteroatoms. The molecule has 1 aromatic carbocycles. The van der Waals surface area contributed by atoms with E-state index in [2.05, 4.69) is 10.3 Å². The number of hydrogen-bond donors (Lipinski definition) is 3. The van der Waals surface area contributed by atoms with Gasteiger partial charge in [0.15, 0.2) is 5.75 Å². The number of aromatic hydroxyl groups is 1. The number of pyridine rings is 2. The molecular formula is C26H29FN4O5. The lowest BCUT2D eigenvalue weighted by molar-refractivity contribution is -0.127. The number of benzene rings is 1. The highest BCUT2D eigenvalue weighted by Gasteiger charge is 2.25. The van der Waals surface area contributed by atoms with E-state index in [0.717, 1.165) is 6.42 Å². The number of amides is 2. The van der Waals surface area contributed by atoms with Gasteiger partial charge in [0.25, 0.3) is 11.5 Å². The largest absolute Gasteiger partial charge is 0.505 e. The third-order valence-corrected chi connectivity index (χ3v) is 6.38. The van der Waals surface area contributed by atoms with Crippen LogP contribution in [0.15, 0.2) is 40.1 Å². The van der Waals surface area contributed by atoms with Crippen molar-refractivity contribution in [3.63, 3.8) is 0 Å². The predicted molar refractivity (Wildman–Crippen MR) is 133 cm³/mol. The Morgan fingerprint density at radius 3 is 2.58 bits per heavy atom. The van der Waals surface area contributed by atoms with Crippen LogP contribution in [0.1, 0.15) is 54.1 Å². The average Bonchev–Trinajstić information content (AvgIpc) is 3.27. The third-order valence-electron chi connectivity index (χ3n) is 6.38. The summed E-state index contributed by atoms with van der Waals surface area (Å²) in [5, 5.41) is 13.5. The Labute approximate surface area is 206 Å². The third kappa shape index (κ3) is 5.02. The van der Waals surface area contributed by atoms with Crippen LogP contribution in [0.4, 0.5) is 4.39 Å². The van der Waals surface area contributed by atoms with Crippen molar-refractivity contribution in [2.75, 3.05) is 19.6 Å². The van der Waals surface area contributed by atoms with Crippen LogP contribution >= 0.6 is 0 Å². The maximum absolute atomic E-state index is 13.3. The fraction of sp³-hybridized carbons (Fsp3) is 0.385. The summed E-state index contributed by atoms with van der Waals surface area (Å²) in [4.78, 5) is 55.8. The Bertz CT molecular complexity index is 1410. The molecule has 1 fully saturated rings. The van der Waals surface area contributed by atoms with E-state index in [9.17, 15) is 28.7 Å². The highest BCUT2D eigenvalue weighted by molar-refractivity contribution is 6.01. The molecule has 3 N–H and O–H groups in total. The summed E-state index contributed by atoms with van der Waals surface area (Å²) in [6, 6.07) is 5.75.